The van der Waals surface area contributed by atoms with Crippen LogP contribution in [0.4, 0.5) is 16.2 Å². The minimum atomic E-state index is -0.442. The molecule has 3 fully saturated rings. The number of morpholine rings is 1. The van der Waals surface area contributed by atoms with Gasteiger partial charge in [-0.2, -0.15) is 0 Å². The number of aryl methyl sites for hydroxylation is 1. The molecule has 226 valence electrons. The number of halogens is 2. The van der Waals surface area contributed by atoms with E-state index in [1.54, 1.807) is 12.1 Å². The molecule has 2 N–H and O–H groups in total. The zero-order valence-corrected chi connectivity index (χ0v) is 27.0. The Balaban J connectivity index is 0.00000368. The molecular weight excluding hydrogens is 681 g/mol. The Labute approximate surface area is 273 Å². The molecule has 0 radical (unpaired) electrons. The van der Waals surface area contributed by atoms with Crippen LogP contribution in [-0.2, 0) is 20.7 Å². The molecular formula is C33H35ClIN3O5. The van der Waals surface area contributed by atoms with Crippen LogP contribution in [0.5, 0.6) is 0 Å². The molecule has 10 heteroatoms. The van der Waals surface area contributed by atoms with E-state index in [4.69, 9.17) is 21.1 Å². The van der Waals surface area contributed by atoms with E-state index < -0.39 is 6.09 Å². The van der Waals surface area contributed by atoms with Crippen molar-refractivity contribution in [2.75, 3.05) is 24.7 Å². The number of epoxide rings is 1. The number of likely N-dealkylation sites (N-methyl/N-ethyl adjacent to an activating group) is 1. The normalized spacial score (nSPS) is 24.2. The molecule has 0 aromatic heterocycles. The quantitative estimate of drug-likeness (QED) is 0.154. The SMILES string of the molecule is C[N+]1(C)[C@@H]2CC(OC(=O)Nc3ccc(CCCC(=O)Nc4ccc(C=O)cc4Cl)cc3-c3ccccc3)C[C@H]1[C@@H]1O[C@@H]12.[I-]. The number of piperidine rings is 1. The zero-order valence-electron chi connectivity index (χ0n) is 24.1. The fourth-order valence-electron chi connectivity index (χ4n) is 6.68. The Morgan fingerprint density at radius 3 is 2.35 bits per heavy atom. The molecule has 0 spiro atoms. The molecule has 0 aliphatic carbocycles. The Hall–Kier alpha value is -2.99. The molecule has 1 unspecified atom stereocenters. The van der Waals surface area contributed by atoms with Crippen LogP contribution in [0.2, 0.25) is 5.02 Å². The van der Waals surface area contributed by atoms with Gasteiger partial charge in [-0.25, -0.2) is 4.79 Å². The maximum Gasteiger partial charge on any atom is 0.411 e. The summed E-state index contributed by atoms with van der Waals surface area (Å²) in [4.78, 5) is 36.5. The number of benzene rings is 3. The van der Waals surface area contributed by atoms with Crippen molar-refractivity contribution in [3.8, 4) is 11.1 Å². The van der Waals surface area contributed by atoms with Crippen molar-refractivity contribution >= 4 is 41.3 Å². The van der Waals surface area contributed by atoms with Gasteiger partial charge in [0.25, 0.3) is 0 Å². The number of fused-ring (bicyclic) bond motifs is 5. The first-order valence-electron chi connectivity index (χ1n) is 14.4. The number of carbonyl (C=O) groups excluding carboxylic acids is 3. The standard InChI is InChI=1S/C33H34ClN3O5.HI/c1-37(2)28-17-23(18-29(37)32-31(28)42-32)41-33(40)36-26-13-11-20(15-24(26)22-8-4-3-5-9-22)7-6-10-30(39)35-27-14-12-21(19-38)16-25(27)34;/h3-5,8-9,11-16,19,23,28-29,31-32H,6-7,10,17-18H2,1-2H3,(H-,35,36,38,39,40);1H/t23?,28-,29+,31-,32+;. The predicted molar refractivity (Wildman–Crippen MR) is 162 cm³/mol. The molecule has 3 aromatic carbocycles. The first-order valence-corrected chi connectivity index (χ1v) is 14.8. The van der Waals surface area contributed by atoms with Gasteiger partial charge in [-0.05, 0) is 54.3 Å². The van der Waals surface area contributed by atoms with Gasteiger partial charge in [0.15, 0.2) is 0 Å². The average molecular weight is 716 g/mol. The molecule has 2 bridgehead atoms. The van der Waals surface area contributed by atoms with Crippen molar-refractivity contribution in [2.45, 2.75) is 62.5 Å². The van der Waals surface area contributed by atoms with E-state index in [1.807, 2.05) is 42.5 Å². The van der Waals surface area contributed by atoms with E-state index in [1.165, 1.54) is 6.07 Å². The van der Waals surface area contributed by atoms with Crippen LogP contribution in [0.3, 0.4) is 0 Å². The first-order chi connectivity index (χ1) is 20.2. The van der Waals surface area contributed by atoms with Gasteiger partial charge in [0.2, 0.25) is 5.91 Å². The molecule has 8 nitrogen and oxygen atoms in total. The van der Waals surface area contributed by atoms with Gasteiger partial charge < -0.3 is 43.3 Å². The van der Waals surface area contributed by atoms with Crippen LogP contribution in [-0.4, -0.2) is 67.3 Å². The first kappa shape index (κ1) is 31.4. The topological polar surface area (TPSA) is 97.0 Å². The summed E-state index contributed by atoms with van der Waals surface area (Å²) in [7, 11) is 4.51. The van der Waals surface area contributed by atoms with Gasteiger partial charge in [-0.15, -0.1) is 0 Å². The minimum absolute atomic E-state index is 0. The number of aldehydes is 1. The largest absolute Gasteiger partial charge is 1.00 e. The Morgan fingerprint density at radius 1 is 0.977 bits per heavy atom. The van der Waals surface area contributed by atoms with Gasteiger partial charge >= 0.3 is 6.09 Å². The molecule has 6 rings (SSSR count). The molecule has 2 amide bonds. The Kier molecular flexibility index (Phi) is 9.46. The Morgan fingerprint density at radius 2 is 1.67 bits per heavy atom. The van der Waals surface area contributed by atoms with Crippen LogP contribution in [0.15, 0.2) is 66.7 Å². The summed E-state index contributed by atoms with van der Waals surface area (Å²) in [6.45, 7) is 0. The number of amides is 2. The number of ether oxygens (including phenoxy) is 2. The lowest BCUT2D eigenvalue weighted by Gasteiger charge is -2.45. The molecule has 3 saturated heterocycles. The second-order valence-electron chi connectivity index (χ2n) is 12.0. The lowest BCUT2D eigenvalue weighted by atomic mass is 9.96. The van der Waals surface area contributed by atoms with E-state index >= 15 is 0 Å². The monoisotopic (exact) mass is 715 g/mol. The summed E-state index contributed by atoms with van der Waals surface area (Å²) in [5.74, 6) is -0.151. The number of hydrogen-bond acceptors (Lipinski definition) is 5. The number of rotatable bonds is 9. The highest BCUT2D eigenvalue weighted by Gasteiger charge is 2.70. The molecule has 3 heterocycles. The van der Waals surface area contributed by atoms with E-state index in [9.17, 15) is 14.4 Å². The predicted octanol–water partition coefficient (Wildman–Crippen LogP) is 3.09. The molecule has 3 aliphatic heterocycles. The molecule has 0 saturated carbocycles. The fraction of sp³-hybridized carbons (Fsp3) is 0.364. The maximum absolute atomic E-state index is 13.1. The van der Waals surface area contributed by atoms with Crippen molar-refractivity contribution in [3.63, 3.8) is 0 Å². The van der Waals surface area contributed by atoms with E-state index in [0.717, 1.165) is 34.0 Å². The highest BCUT2D eigenvalue weighted by molar-refractivity contribution is 6.34. The van der Waals surface area contributed by atoms with E-state index in [2.05, 4.69) is 30.8 Å². The van der Waals surface area contributed by atoms with Gasteiger partial charge in [-0.3, -0.25) is 14.9 Å². The van der Waals surface area contributed by atoms with Gasteiger partial charge in [0, 0.05) is 30.4 Å². The van der Waals surface area contributed by atoms with Gasteiger partial charge in [-0.1, -0.05) is 48.0 Å². The van der Waals surface area contributed by atoms with Crippen molar-refractivity contribution in [1.29, 1.82) is 0 Å². The van der Waals surface area contributed by atoms with Crippen molar-refractivity contribution in [2.24, 2.45) is 0 Å². The second-order valence-corrected chi connectivity index (χ2v) is 12.4. The summed E-state index contributed by atoms with van der Waals surface area (Å²) < 4.78 is 12.7. The number of quaternary nitrogens is 1. The number of nitrogens with one attached hydrogen (secondary N) is 2. The van der Waals surface area contributed by atoms with Gasteiger partial charge in [0.05, 0.1) is 30.5 Å². The second kappa shape index (κ2) is 12.9. The molecule has 3 aliphatic rings. The molecule has 5 atom stereocenters. The van der Waals surface area contributed by atoms with Crippen LogP contribution in [0, 0.1) is 0 Å². The third-order valence-corrected chi connectivity index (χ3v) is 9.30. The van der Waals surface area contributed by atoms with Crippen LogP contribution in [0.1, 0.15) is 41.6 Å². The van der Waals surface area contributed by atoms with E-state index in [0.29, 0.717) is 71.8 Å². The summed E-state index contributed by atoms with van der Waals surface area (Å²) in [5, 5.41) is 6.13. The smallest absolute Gasteiger partial charge is 0.411 e. The minimum Gasteiger partial charge on any atom is -1.00 e. The summed E-state index contributed by atoms with van der Waals surface area (Å²) in [6.07, 6.45) is 4.00. The summed E-state index contributed by atoms with van der Waals surface area (Å²) >= 11 is 6.18. The lowest BCUT2D eigenvalue weighted by molar-refractivity contribution is -0.938. The number of hydrogen-bond donors (Lipinski definition) is 2. The lowest BCUT2D eigenvalue weighted by Crippen LogP contribution is -3.00. The van der Waals surface area contributed by atoms with Crippen LogP contribution < -0.4 is 34.6 Å². The third kappa shape index (κ3) is 6.74. The highest BCUT2D eigenvalue weighted by atomic mass is 127. The van der Waals surface area contributed by atoms with Crippen LogP contribution in [0.25, 0.3) is 11.1 Å². The zero-order chi connectivity index (χ0) is 29.4. The van der Waals surface area contributed by atoms with Gasteiger partial charge in [0.1, 0.15) is 36.7 Å². The molecule has 43 heavy (non-hydrogen) atoms. The van der Waals surface area contributed by atoms with Crippen molar-refractivity contribution in [3.05, 3.63) is 82.9 Å². The highest BCUT2D eigenvalue weighted by Crippen LogP contribution is 2.51. The summed E-state index contributed by atoms with van der Waals surface area (Å²) in [5.41, 5.74) is 4.54. The number of carbonyl (C=O) groups is 3. The number of anilines is 2. The fourth-order valence-corrected chi connectivity index (χ4v) is 6.91. The van der Waals surface area contributed by atoms with Crippen molar-refractivity contribution < 1.29 is 52.3 Å². The van der Waals surface area contributed by atoms with Crippen molar-refractivity contribution in [1.82, 2.24) is 0 Å². The summed E-state index contributed by atoms with van der Waals surface area (Å²) in [6, 6.07) is 21.3. The average Bonchev–Trinajstić information content (AvgIpc) is 3.74. The third-order valence-electron chi connectivity index (χ3n) is 8.99. The maximum atomic E-state index is 13.1. The van der Waals surface area contributed by atoms with Crippen LogP contribution >= 0.6 is 11.6 Å². The number of nitrogens with zero attached hydrogens (tertiary/aromatic N) is 1. The molecule has 3 aromatic rings. The van der Waals surface area contributed by atoms with E-state index in [-0.39, 0.29) is 36.0 Å². The Bertz CT molecular complexity index is 1500.